The van der Waals surface area contributed by atoms with E-state index in [-0.39, 0.29) is 12.4 Å². The maximum Gasteiger partial charge on any atom is 0.0823 e. The first-order valence-electron chi connectivity index (χ1n) is 3.85. The Balaban J connectivity index is 0.00000121. The summed E-state index contributed by atoms with van der Waals surface area (Å²) < 4.78 is 2.09. The van der Waals surface area contributed by atoms with Crippen LogP contribution in [0.15, 0.2) is 0 Å². The molecule has 0 aromatic carbocycles. The zero-order valence-electron chi connectivity index (χ0n) is 7.56. The van der Waals surface area contributed by atoms with Crippen LogP contribution in [-0.4, -0.2) is 40.6 Å². The van der Waals surface area contributed by atoms with Crippen molar-refractivity contribution in [3.05, 3.63) is 0 Å². The quantitative estimate of drug-likeness (QED) is 0.551. The second-order valence-corrected chi connectivity index (χ2v) is 3.85. The Labute approximate surface area is 84.5 Å². The molecule has 6 heteroatoms. The number of halogens is 1. The molecule has 2 N–H and O–H groups in total. The first-order chi connectivity index (χ1) is 5.24. The van der Waals surface area contributed by atoms with Gasteiger partial charge < -0.3 is 0 Å². The van der Waals surface area contributed by atoms with Crippen LogP contribution in [-0.2, 0) is 0 Å². The van der Waals surface area contributed by atoms with E-state index in [1.165, 1.54) is 6.42 Å². The van der Waals surface area contributed by atoms with Crippen molar-refractivity contribution in [1.29, 1.82) is 0 Å². The van der Waals surface area contributed by atoms with Crippen LogP contribution in [0.1, 0.15) is 13.3 Å². The topological polar surface area (TPSA) is 35.7 Å². The lowest BCUT2D eigenvalue weighted by atomic mass is 10.6. The van der Waals surface area contributed by atoms with E-state index in [0.717, 1.165) is 19.1 Å². The monoisotopic (exact) mass is 212 g/mol. The summed E-state index contributed by atoms with van der Waals surface area (Å²) in [5.74, 6) is 6.85. The summed E-state index contributed by atoms with van der Waals surface area (Å²) in [6, 6.07) is 0. The van der Waals surface area contributed by atoms with Crippen molar-refractivity contribution >= 4 is 24.4 Å². The van der Waals surface area contributed by atoms with Crippen LogP contribution in [0.3, 0.4) is 0 Å². The molecule has 0 amide bonds. The Kier molecular flexibility index (Phi) is 6.25. The first kappa shape index (κ1) is 12.5. The minimum absolute atomic E-state index is 0. The molecule has 0 spiro atoms. The van der Waals surface area contributed by atoms with Gasteiger partial charge in [0.1, 0.15) is 0 Å². The minimum atomic E-state index is 0. The van der Waals surface area contributed by atoms with Gasteiger partial charge in [0.05, 0.1) is 13.3 Å². The fourth-order valence-corrected chi connectivity index (χ4v) is 1.83. The predicted molar refractivity (Wildman–Crippen MR) is 55.4 cm³/mol. The van der Waals surface area contributed by atoms with Crippen LogP contribution in [0.2, 0.25) is 0 Å². The van der Waals surface area contributed by atoms with Gasteiger partial charge in [0.25, 0.3) is 0 Å². The van der Waals surface area contributed by atoms with Crippen molar-refractivity contribution in [2.45, 2.75) is 13.3 Å². The van der Waals surface area contributed by atoms with E-state index in [0.29, 0.717) is 0 Å². The molecule has 74 valence electrons. The molecule has 1 rings (SSSR count). The summed E-state index contributed by atoms with van der Waals surface area (Å²) in [6.07, 6.45) is 1.19. The fourth-order valence-electron chi connectivity index (χ4n) is 0.962. The number of hydrogen-bond donors (Lipinski definition) is 1. The molecular weight excluding hydrogens is 196 g/mol. The van der Waals surface area contributed by atoms with Gasteiger partial charge in [-0.05, 0) is 13.5 Å². The Morgan fingerprint density at radius 1 is 1.42 bits per heavy atom. The van der Waals surface area contributed by atoms with Crippen LogP contribution < -0.4 is 5.84 Å². The van der Waals surface area contributed by atoms with Crippen LogP contribution in [0.4, 0.5) is 0 Å². The lowest BCUT2D eigenvalue weighted by Crippen LogP contribution is -2.37. The zero-order valence-corrected chi connectivity index (χ0v) is 9.20. The summed E-state index contributed by atoms with van der Waals surface area (Å²) >= 11 is 1.79. The highest BCUT2D eigenvalue weighted by molar-refractivity contribution is 7.96. The molecule has 0 radical (unpaired) electrons. The van der Waals surface area contributed by atoms with Crippen molar-refractivity contribution in [3.63, 3.8) is 0 Å². The Bertz CT molecular complexity index is 126. The molecule has 1 aliphatic rings. The minimum Gasteiger partial charge on any atom is -0.276 e. The number of nitrogens with zero attached hydrogens (tertiary/aromatic N) is 3. The van der Waals surface area contributed by atoms with Gasteiger partial charge in [-0.2, -0.15) is 9.53 Å². The Hall–Kier alpha value is 0.480. The summed E-state index contributed by atoms with van der Waals surface area (Å²) in [5, 5.41) is 1.75. The maximum atomic E-state index is 5.71. The molecule has 0 aromatic heterocycles. The van der Waals surface area contributed by atoms with Crippen molar-refractivity contribution in [2.75, 3.05) is 26.1 Å². The molecule has 0 aromatic rings. The summed E-state index contributed by atoms with van der Waals surface area (Å²) in [6.45, 7) is 3.94. The molecule has 0 bridgehead atoms. The maximum absolute atomic E-state index is 5.71. The van der Waals surface area contributed by atoms with Gasteiger partial charge in [-0.3, -0.25) is 10.7 Å². The van der Waals surface area contributed by atoms with E-state index in [1.54, 1.807) is 17.1 Å². The molecular formula is C6H17ClN4S. The van der Waals surface area contributed by atoms with Crippen LogP contribution >= 0.6 is 24.4 Å². The summed E-state index contributed by atoms with van der Waals surface area (Å²) in [4.78, 5) is 2.17. The third-order valence-electron chi connectivity index (χ3n) is 1.48. The number of nitrogens with two attached hydrogens (primary N) is 1. The Morgan fingerprint density at radius 2 is 2.08 bits per heavy atom. The molecule has 0 aliphatic carbocycles. The van der Waals surface area contributed by atoms with Crippen LogP contribution in [0, 0.1) is 0 Å². The second-order valence-electron chi connectivity index (χ2n) is 2.76. The highest BCUT2D eigenvalue weighted by atomic mass is 35.5. The number of rotatable bonds is 3. The molecule has 1 heterocycles. The van der Waals surface area contributed by atoms with E-state index >= 15 is 0 Å². The lowest BCUT2D eigenvalue weighted by Gasteiger charge is -2.19. The highest BCUT2D eigenvalue weighted by Crippen LogP contribution is 2.17. The van der Waals surface area contributed by atoms with Gasteiger partial charge in [0.2, 0.25) is 0 Å². The van der Waals surface area contributed by atoms with Crippen molar-refractivity contribution in [2.24, 2.45) is 5.84 Å². The van der Waals surface area contributed by atoms with Gasteiger partial charge in [0, 0.05) is 5.75 Å². The third kappa shape index (κ3) is 3.47. The predicted octanol–water partition coefficient (Wildman–Crippen LogP) is 0.720. The molecule has 0 saturated carbocycles. The molecule has 1 fully saturated rings. The molecule has 1 aliphatic heterocycles. The van der Waals surface area contributed by atoms with Crippen LogP contribution in [0.25, 0.3) is 0 Å². The molecule has 1 saturated heterocycles. The Morgan fingerprint density at radius 3 is 2.50 bits per heavy atom. The normalized spacial score (nSPS) is 21.2. The average Bonchev–Trinajstić information content (AvgIpc) is 2.26. The molecule has 0 atom stereocenters. The van der Waals surface area contributed by atoms with Gasteiger partial charge >= 0.3 is 0 Å². The summed E-state index contributed by atoms with van der Waals surface area (Å²) in [5.41, 5.74) is 0. The fraction of sp³-hybridized carbons (Fsp3) is 1.00. The first-order valence-corrected chi connectivity index (χ1v) is 4.79. The van der Waals surface area contributed by atoms with Gasteiger partial charge in [0.15, 0.2) is 0 Å². The molecule has 12 heavy (non-hydrogen) atoms. The van der Waals surface area contributed by atoms with Gasteiger partial charge in [-0.25, -0.2) is 0 Å². The smallest absolute Gasteiger partial charge is 0.0823 e. The summed E-state index contributed by atoms with van der Waals surface area (Å²) in [7, 11) is 2.06. The largest absolute Gasteiger partial charge is 0.276 e. The SMILES string of the molecule is CCCSN1CN(C)CN1N.Cl. The van der Waals surface area contributed by atoms with E-state index < -0.39 is 0 Å². The number of hydrazine groups is 2. The van der Waals surface area contributed by atoms with Gasteiger partial charge in [-0.1, -0.05) is 18.9 Å². The van der Waals surface area contributed by atoms with Crippen molar-refractivity contribution < 1.29 is 0 Å². The van der Waals surface area contributed by atoms with Crippen molar-refractivity contribution in [1.82, 2.24) is 14.4 Å². The van der Waals surface area contributed by atoms with E-state index in [9.17, 15) is 0 Å². The highest BCUT2D eigenvalue weighted by Gasteiger charge is 2.22. The van der Waals surface area contributed by atoms with E-state index in [1.807, 2.05) is 0 Å². The van der Waals surface area contributed by atoms with Crippen molar-refractivity contribution in [3.8, 4) is 0 Å². The van der Waals surface area contributed by atoms with E-state index in [4.69, 9.17) is 5.84 Å². The van der Waals surface area contributed by atoms with Gasteiger partial charge in [-0.15, -0.1) is 12.4 Å². The standard InChI is InChI=1S/C6H16N4S.ClH/c1-3-4-11-10-6-8(2)5-9(10)7;/h3-7H2,1-2H3;1H. The van der Waals surface area contributed by atoms with Crippen LogP contribution in [0.5, 0.6) is 0 Å². The third-order valence-corrected chi connectivity index (χ3v) is 2.69. The average molecular weight is 213 g/mol. The molecule has 0 unspecified atom stereocenters. The zero-order chi connectivity index (χ0) is 8.27. The lowest BCUT2D eigenvalue weighted by molar-refractivity contribution is 0.134. The number of hydrogen-bond acceptors (Lipinski definition) is 5. The second kappa shape index (κ2) is 6.01. The molecule has 4 nitrogen and oxygen atoms in total. The van der Waals surface area contributed by atoms with E-state index in [2.05, 4.69) is 23.3 Å².